The summed E-state index contributed by atoms with van der Waals surface area (Å²) in [6.07, 6.45) is -1.79. The number of hydrogen-bond acceptors (Lipinski definition) is 4. The van der Waals surface area contributed by atoms with Gasteiger partial charge in [0.1, 0.15) is 0 Å². The third-order valence-electron chi connectivity index (χ3n) is 3.15. The molecule has 2 aromatic rings. The number of nitrogens with zero attached hydrogens (tertiary/aromatic N) is 2. The Kier molecular flexibility index (Phi) is 4.51. The van der Waals surface area contributed by atoms with E-state index in [2.05, 4.69) is 10.3 Å². The van der Waals surface area contributed by atoms with Gasteiger partial charge >= 0.3 is 6.18 Å². The van der Waals surface area contributed by atoms with Gasteiger partial charge in [-0.25, -0.2) is 4.98 Å². The van der Waals surface area contributed by atoms with E-state index in [0.29, 0.717) is 0 Å². The minimum Gasteiger partial charge on any atom is -0.394 e. The minimum absolute atomic E-state index is 0.124. The number of aliphatic hydroxyl groups is 1. The van der Waals surface area contributed by atoms with Gasteiger partial charge in [-0.05, 0) is 11.6 Å². The first-order chi connectivity index (χ1) is 10.3. The van der Waals surface area contributed by atoms with Crippen LogP contribution in [0.5, 0.6) is 0 Å². The van der Waals surface area contributed by atoms with E-state index in [-0.39, 0.29) is 11.4 Å². The molecule has 0 spiro atoms. The van der Waals surface area contributed by atoms with E-state index in [0.717, 1.165) is 6.07 Å². The van der Waals surface area contributed by atoms with Crippen LogP contribution in [0.3, 0.4) is 0 Å². The number of rotatable bonds is 4. The highest BCUT2D eigenvalue weighted by molar-refractivity contribution is 5.40. The number of anilines is 1. The summed E-state index contributed by atoms with van der Waals surface area (Å²) in [7, 11) is 1.49. The van der Waals surface area contributed by atoms with Crippen molar-refractivity contribution in [1.29, 1.82) is 0 Å². The smallest absolute Gasteiger partial charge is 0.394 e. The topological polar surface area (TPSA) is 67.2 Å². The maximum Gasteiger partial charge on any atom is 0.416 e. The van der Waals surface area contributed by atoms with Gasteiger partial charge in [0.25, 0.3) is 5.56 Å². The van der Waals surface area contributed by atoms with Crippen molar-refractivity contribution in [2.75, 3.05) is 11.9 Å². The Hall–Kier alpha value is -2.35. The normalized spacial score (nSPS) is 13.0. The molecule has 8 heteroatoms. The van der Waals surface area contributed by atoms with Crippen LogP contribution in [0.4, 0.5) is 19.0 Å². The molecule has 118 valence electrons. The highest BCUT2D eigenvalue weighted by atomic mass is 19.4. The lowest BCUT2D eigenvalue weighted by atomic mass is 10.0. The van der Waals surface area contributed by atoms with Gasteiger partial charge in [0.05, 0.1) is 18.2 Å². The number of aliphatic hydroxyl groups excluding tert-OH is 1. The number of nitrogens with one attached hydrogen (secondary N) is 1. The molecule has 2 N–H and O–H groups in total. The van der Waals surface area contributed by atoms with E-state index in [9.17, 15) is 23.1 Å². The zero-order chi connectivity index (χ0) is 16.3. The molecule has 0 amide bonds. The second-order valence-corrected chi connectivity index (χ2v) is 4.66. The van der Waals surface area contributed by atoms with Crippen molar-refractivity contribution in [2.24, 2.45) is 7.05 Å². The van der Waals surface area contributed by atoms with Gasteiger partial charge in [0.2, 0.25) is 0 Å². The summed E-state index contributed by atoms with van der Waals surface area (Å²) in [5, 5.41) is 12.0. The molecule has 1 aromatic heterocycles. The summed E-state index contributed by atoms with van der Waals surface area (Å²) >= 11 is 0. The standard InChI is InChI=1S/C14H14F3N3O2/c1-20-7-6-18-12(13(20)22)19-11(8-21)9-4-2-3-5-10(9)14(15,16)17/h2-7,11,21H,8H2,1H3,(H,18,19). The highest BCUT2D eigenvalue weighted by Gasteiger charge is 2.35. The molecule has 0 radical (unpaired) electrons. The summed E-state index contributed by atoms with van der Waals surface area (Å²) in [5.41, 5.74) is -1.51. The van der Waals surface area contributed by atoms with Crippen LogP contribution in [0.2, 0.25) is 0 Å². The van der Waals surface area contributed by atoms with Gasteiger partial charge in [0, 0.05) is 19.4 Å². The van der Waals surface area contributed by atoms with Crippen LogP contribution in [0, 0.1) is 0 Å². The fraction of sp³-hybridized carbons (Fsp3) is 0.286. The fourth-order valence-electron chi connectivity index (χ4n) is 2.04. The Morgan fingerprint density at radius 2 is 2.05 bits per heavy atom. The SMILES string of the molecule is Cn1ccnc(NC(CO)c2ccccc2C(F)(F)F)c1=O. The maximum atomic E-state index is 13.0. The number of aryl methyl sites for hydroxylation is 1. The van der Waals surface area contributed by atoms with Crippen molar-refractivity contribution >= 4 is 5.82 Å². The quantitative estimate of drug-likeness (QED) is 0.905. The van der Waals surface area contributed by atoms with Crippen molar-refractivity contribution in [3.8, 4) is 0 Å². The first kappa shape index (κ1) is 16.0. The lowest BCUT2D eigenvalue weighted by molar-refractivity contribution is -0.138. The van der Waals surface area contributed by atoms with Crippen molar-refractivity contribution in [2.45, 2.75) is 12.2 Å². The molecule has 0 aliphatic carbocycles. The van der Waals surface area contributed by atoms with Crippen LogP contribution in [0.1, 0.15) is 17.2 Å². The first-order valence-corrected chi connectivity index (χ1v) is 6.39. The second-order valence-electron chi connectivity index (χ2n) is 4.66. The summed E-state index contributed by atoms with van der Waals surface area (Å²) in [6, 6.07) is 3.78. The summed E-state index contributed by atoms with van der Waals surface area (Å²) < 4.78 is 40.3. The molecular formula is C14H14F3N3O2. The molecule has 5 nitrogen and oxygen atoms in total. The lowest BCUT2D eigenvalue weighted by Crippen LogP contribution is -2.27. The molecule has 0 saturated heterocycles. The van der Waals surface area contributed by atoms with Crippen molar-refractivity contribution in [3.63, 3.8) is 0 Å². The van der Waals surface area contributed by atoms with Crippen molar-refractivity contribution in [3.05, 3.63) is 58.1 Å². The lowest BCUT2D eigenvalue weighted by Gasteiger charge is -2.21. The van der Waals surface area contributed by atoms with E-state index in [4.69, 9.17) is 0 Å². The second kappa shape index (κ2) is 6.18. The van der Waals surface area contributed by atoms with Gasteiger partial charge in [-0.3, -0.25) is 4.79 Å². The zero-order valence-corrected chi connectivity index (χ0v) is 11.6. The highest BCUT2D eigenvalue weighted by Crippen LogP contribution is 2.35. The molecule has 1 unspecified atom stereocenters. The predicted molar refractivity (Wildman–Crippen MR) is 74.4 cm³/mol. The van der Waals surface area contributed by atoms with E-state index in [1.54, 1.807) is 0 Å². The number of hydrogen-bond donors (Lipinski definition) is 2. The van der Waals surface area contributed by atoms with Crippen LogP contribution in [-0.2, 0) is 13.2 Å². The van der Waals surface area contributed by atoms with Crippen molar-refractivity contribution in [1.82, 2.24) is 9.55 Å². The molecule has 22 heavy (non-hydrogen) atoms. The fourth-order valence-corrected chi connectivity index (χ4v) is 2.04. The molecule has 0 bridgehead atoms. The van der Waals surface area contributed by atoms with Gasteiger partial charge in [-0.2, -0.15) is 13.2 Å². The van der Waals surface area contributed by atoms with Crippen LogP contribution in [-0.4, -0.2) is 21.3 Å². The monoisotopic (exact) mass is 313 g/mol. The van der Waals surface area contributed by atoms with Crippen LogP contribution in [0.25, 0.3) is 0 Å². The van der Waals surface area contributed by atoms with Gasteiger partial charge in [-0.1, -0.05) is 18.2 Å². The van der Waals surface area contributed by atoms with Gasteiger partial charge in [-0.15, -0.1) is 0 Å². The first-order valence-electron chi connectivity index (χ1n) is 6.39. The van der Waals surface area contributed by atoms with E-state index in [1.807, 2.05) is 0 Å². The van der Waals surface area contributed by atoms with Gasteiger partial charge in [0.15, 0.2) is 5.82 Å². The largest absolute Gasteiger partial charge is 0.416 e. The number of aromatic nitrogens is 2. The maximum absolute atomic E-state index is 13.0. The van der Waals surface area contributed by atoms with Gasteiger partial charge < -0.3 is 15.0 Å². The average Bonchev–Trinajstić information content (AvgIpc) is 2.48. The third kappa shape index (κ3) is 3.28. The summed E-state index contributed by atoms with van der Waals surface area (Å²) in [6.45, 7) is -0.618. The predicted octanol–water partition coefficient (Wildman–Crippen LogP) is 1.94. The molecule has 0 saturated carbocycles. The van der Waals surface area contributed by atoms with E-state index >= 15 is 0 Å². The molecule has 1 aromatic carbocycles. The Labute approximate surface area is 124 Å². The molecule has 1 atom stereocenters. The Balaban J connectivity index is 2.42. The average molecular weight is 313 g/mol. The van der Waals surface area contributed by atoms with E-state index < -0.39 is 29.9 Å². The molecule has 0 fully saturated rings. The molecule has 0 aliphatic rings. The minimum atomic E-state index is -4.55. The Morgan fingerprint density at radius 3 is 2.68 bits per heavy atom. The molecule has 0 aliphatic heterocycles. The molecule has 1 heterocycles. The molecular weight excluding hydrogens is 299 g/mol. The van der Waals surface area contributed by atoms with Crippen molar-refractivity contribution < 1.29 is 18.3 Å². The Morgan fingerprint density at radius 1 is 1.36 bits per heavy atom. The Bertz CT molecular complexity index is 713. The van der Waals surface area contributed by atoms with Crippen LogP contribution < -0.4 is 10.9 Å². The molecule has 2 rings (SSSR count). The van der Waals surface area contributed by atoms with Crippen LogP contribution >= 0.6 is 0 Å². The number of alkyl halides is 3. The van der Waals surface area contributed by atoms with Crippen LogP contribution in [0.15, 0.2) is 41.5 Å². The summed E-state index contributed by atoms with van der Waals surface area (Å²) in [5.74, 6) is -0.124. The van der Waals surface area contributed by atoms with E-state index in [1.165, 1.54) is 42.2 Å². The number of halogens is 3. The third-order valence-corrected chi connectivity index (χ3v) is 3.15. The zero-order valence-electron chi connectivity index (χ0n) is 11.6. The number of benzene rings is 1. The summed E-state index contributed by atoms with van der Waals surface area (Å²) in [4.78, 5) is 15.7.